The predicted octanol–water partition coefficient (Wildman–Crippen LogP) is 5.69. The molecule has 2 aromatic carbocycles. The molecule has 30 heavy (non-hydrogen) atoms. The smallest absolute Gasteiger partial charge is 0.114 e. The SMILES string of the molecule is C[C@H](c1ccccc1)n1c(Cc2ccncc2)nc2ccc(-c3ccncc3)cc21. The quantitative estimate of drug-likeness (QED) is 0.387. The Morgan fingerprint density at radius 3 is 2.20 bits per heavy atom. The summed E-state index contributed by atoms with van der Waals surface area (Å²) in [4.78, 5) is 13.3. The molecule has 0 amide bonds. The lowest BCUT2D eigenvalue weighted by molar-refractivity contribution is 0.627. The summed E-state index contributed by atoms with van der Waals surface area (Å²) in [5, 5.41) is 0. The normalized spacial score (nSPS) is 12.2. The molecule has 1 atom stereocenters. The summed E-state index contributed by atoms with van der Waals surface area (Å²) in [5.74, 6) is 1.06. The Labute approximate surface area is 175 Å². The van der Waals surface area contributed by atoms with E-state index in [0.29, 0.717) is 0 Å². The van der Waals surface area contributed by atoms with Crippen molar-refractivity contribution in [3.63, 3.8) is 0 Å². The number of imidazole rings is 1. The van der Waals surface area contributed by atoms with Crippen LogP contribution in [0.1, 0.15) is 29.9 Å². The molecule has 0 aliphatic heterocycles. The van der Waals surface area contributed by atoms with Crippen LogP contribution in [0.25, 0.3) is 22.2 Å². The molecule has 5 rings (SSSR count). The molecule has 0 unspecified atom stereocenters. The molecule has 3 aromatic heterocycles. The van der Waals surface area contributed by atoms with E-state index in [9.17, 15) is 0 Å². The Bertz CT molecular complexity index is 1260. The van der Waals surface area contributed by atoms with Crippen LogP contribution in [0.4, 0.5) is 0 Å². The molecule has 0 bridgehead atoms. The monoisotopic (exact) mass is 390 g/mol. The van der Waals surface area contributed by atoms with E-state index in [4.69, 9.17) is 4.98 Å². The van der Waals surface area contributed by atoms with Gasteiger partial charge in [0.15, 0.2) is 0 Å². The summed E-state index contributed by atoms with van der Waals surface area (Å²) in [6, 6.07) is 25.5. The highest BCUT2D eigenvalue weighted by Gasteiger charge is 2.18. The van der Waals surface area contributed by atoms with Crippen LogP contribution in [0.2, 0.25) is 0 Å². The number of rotatable bonds is 5. The molecule has 0 N–H and O–H groups in total. The minimum atomic E-state index is 0.167. The Balaban J connectivity index is 1.68. The van der Waals surface area contributed by atoms with Gasteiger partial charge in [0.1, 0.15) is 5.82 Å². The lowest BCUT2D eigenvalue weighted by Crippen LogP contribution is -2.11. The van der Waals surface area contributed by atoms with E-state index in [1.165, 1.54) is 16.7 Å². The van der Waals surface area contributed by atoms with Crippen molar-refractivity contribution in [1.29, 1.82) is 0 Å². The summed E-state index contributed by atoms with van der Waals surface area (Å²) in [6.07, 6.45) is 8.10. The minimum Gasteiger partial charge on any atom is -0.320 e. The van der Waals surface area contributed by atoms with Gasteiger partial charge in [0.05, 0.1) is 17.1 Å². The molecule has 0 aliphatic rings. The molecule has 0 saturated heterocycles. The first-order valence-corrected chi connectivity index (χ1v) is 10.1. The third kappa shape index (κ3) is 3.48. The van der Waals surface area contributed by atoms with E-state index in [0.717, 1.165) is 28.8 Å². The fourth-order valence-corrected chi connectivity index (χ4v) is 3.99. The second-order valence-corrected chi connectivity index (χ2v) is 7.46. The first kappa shape index (κ1) is 18.3. The number of benzene rings is 2. The van der Waals surface area contributed by atoms with Crippen molar-refractivity contribution in [1.82, 2.24) is 19.5 Å². The van der Waals surface area contributed by atoms with Crippen LogP contribution < -0.4 is 0 Å². The molecule has 0 radical (unpaired) electrons. The third-order valence-electron chi connectivity index (χ3n) is 5.56. The standard InChI is InChI=1S/C26H22N4/c1-19(21-5-3-2-4-6-21)30-25-18-23(22-11-15-28-16-12-22)7-8-24(25)29-26(30)17-20-9-13-27-14-10-20/h2-16,18-19H,17H2,1H3/t19-/m1/s1. The highest BCUT2D eigenvalue weighted by molar-refractivity contribution is 5.83. The maximum atomic E-state index is 5.02. The van der Waals surface area contributed by atoms with E-state index in [1.807, 2.05) is 36.9 Å². The average Bonchev–Trinajstić information content (AvgIpc) is 3.17. The fourth-order valence-electron chi connectivity index (χ4n) is 3.99. The predicted molar refractivity (Wildman–Crippen MR) is 120 cm³/mol. The van der Waals surface area contributed by atoms with Gasteiger partial charge >= 0.3 is 0 Å². The molecule has 0 spiro atoms. The van der Waals surface area contributed by atoms with E-state index in [-0.39, 0.29) is 6.04 Å². The molecule has 4 heteroatoms. The third-order valence-corrected chi connectivity index (χ3v) is 5.56. The number of aromatic nitrogens is 4. The zero-order valence-electron chi connectivity index (χ0n) is 16.8. The van der Waals surface area contributed by atoms with Gasteiger partial charge in [-0.2, -0.15) is 0 Å². The summed E-state index contributed by atoms with van der Waals surface area (Å²) < 4.78 is 2.37. The Kier molecular flexibility index (Phi) is 4.81. The largest absolute Gasteiger partial charge is 0.320 e. The van der Waals surface area contributed by atoms with Gasteiger partial charge in [0.25, 0.3) is 0 Å². The van der Waals surface area contributed by atoms with Gasteiger partial charge in [0, 0.05) is 31.2 Å². The Hall–Kier alpha value is -3.79. The van der Waals surface area contributed by atoms with Crippen molar-refractivity contribution in [2.75, 3.05) is 0 Å². The molecule has 0 fully saturated rings. The van der Waals surface area contributed by atoms with Crippen molar-refractivity contribution >= 4 is 11.0 Å². The van der Waals surface area contributed by atoms with Crippen molar-refractivity contribution < 1.29 is 0 Å². The molecule has 0 aliphatic carbocycles. The molecular formula is C26H22N4. The Morgan fingerprint density at radius 1 is 0.767 bits per heavy atom. The topological polar surface area (TPSA) is 43.6 Å². The van der Waals surface area contributed by atoms with Gasteiger partial charge in [-0.05, 0) is 65.6 Å². The number of nitrogens with zero attached hydrogens (tertiary/aromatic N) is 4. The fraction of sp³-hybridized carbons (Fsp3) is 0.115. The summed E-state index contributed by atoms with van der Waals surface area (Å²) in [6.45, 7) is 2.24. The first-order valence-electron chi connectivity index (χ1n) is 10.1. The summed E-state index contributed by atoms with van der Waals surface area (Å²) in [7, 11) is 0. The number of pyridine rings is 2. The number of hydrogen-bond donors (Lipinski definition) is 0. The molecular weight excluding hydrogens is 368 g/mol. The van der Waals surface area contributed by atoms with Crippen LogP contribution in [0, 0.1) is 0 Å². The van der Waals surface area contributed by atoms with Crippen LogP contribution in [0.3, 0.4) is 0 Å². The second-order valence-electron chi connectivity index (χ2n) is 7.46. The van der Waals surface area contributed by atoms with Gasteiger partial charge in [-0.25, -0.2) is 4.98 Å². The van der Waals surface area contributed by atoms with E-state index in [1.54, 1.807) is 0 Å². The van der Waals surface area contributed by atoms with E-state index in [2.05, 4.69) is 82.1 Å². The first-order chi connectivity index (χ1) is 14.8. The van der Waals surface area contributed by atoms with Gasteiger partial charge in [0.2, 0.25) is 0 Å². The Morgan fingerprint density at radius 2 is 1.47 bits per heavy atom. The van der Waals surface area contributed by atoms with Crippen LogP contribution in [-0.4, -0.2) is 19.5 Å². The lowest BCUT2D eigenvalue weighted by atomic mass is 10.1. The minimum absolute atomic E-state index is 0.167. The van der Waals surface area contributed by atoms with Gasteiger partial charge in [-0.15, -0.1) is 0 Å². The number of hydrogen-bond acceptors (Lipinski definition) is 3. The second kappa shape index (κ2) is 7.91. The zero-order valence-corrected chi connectivity index (χ0v) is 16.8. The highest BCUT2D eigenvalue weighted by atomic mass is 15.1. The van der Waals surface area contributed by atoms with Gasteiger partial charge < -0.3 is 4.57 Å². The van der Waals surface area contributed by atoms with Crippen molar-refractivity contribution in [2.45, 2.75) is 19.4 Å². The highest BCUT2D eigenvalue weighted by Crippen LogP contribution is 2.30. The maximum absolute atomic E-state index is 5.02. The van der Waals surface area contributed by atoms with Crippen molar-refractivity contribution in [3.8, 4) is 11.1 Å². The molecule has 3 heterocycles. The lowest BCUT2D eigenvalue weighted by Gasteiger charge is -2.19. The van der Waals surface area contributed by atoms with Crippen LogP contribution in [0.15, 0.2) is 97.6 Å². The summed E-state index contributed by atoms with van der Waals surface area (Å²) in [5.41, 5.74) is 6.95. The number of fused-ring (bicyclic) bond motifs is 1. The van der Waals surface area contributed by atoms with Crippen LogP contribution in [-0.2, 0) is 6.42 Å². The van der Waals surface area contributed by atoms with Crippen LogP contribution in [0.5, 0.6) is 0 Å². The zero-order chi connectivity index (χ0) is 20.3. The molecule has 5 aromatic rings. The average molecular weight is 390 g/mol. The van der Waals surface area contributed by atoms with Crippen molar-refractivity contribution in [3.05, 3.63) is 115 Å². The summed E-state index contributed by atoms with van der Waals surface area (Å²) >= 11 is 0. The van der Waals surface area contributed by atoms with Gasteiger partial charge in [-0.1, -0.05) is 36.4 Å². The van der Waals surface area contributed by atoms with Crippen molar-refractivity contribution in [2.24, 2.45) is 0 Å². The molecule has 0 saturated carbocycles. The van der Waals surface area contributed by atoms with Crippen LogP contribution >= 0.6 is 0 Å². The van der Waals surface area contributed by atoms with Gasteiger partial charge in [-0.3, -0.25) is 9.97 Å². The van der Waals surface area contributed by atoms with E-state index >= 15 is 0 Å². The molecule has 146 valence electrons. The van der Waals surface area contributed by atoms with E-state index < -0.39 is 0 Å². The maximum Gasteiger partial charge on any atom is 0.114 e. The molecule has 4 nitrogen and oxygen atoms in total.